The molecule has 1 heterocycles. The van der Waals surface area contributed by atoms with Crippen LogP contribution in [0.2, 0.25) is 0 Å². The monoisotopic (exact) mass is 564 g/mol. The average Bonchev–Trinajstić information content (AvgIpc) is 3.57. The van der Waals surface area contributed by atoms with Crippen molar-refractivity contribution >= 4 is 29.8 Å². The third kappa shape index (κ3) is 6.67. The highest BCUT2D eigenvalue weighted by Crippen LogP contribution is 2.44. The van der Waals surface area contributed by atoms with Crippen LogP contribution in [0.5, 0.6) is 0 Å². The molecule has 2 aromatic rings. The fourth-order valence-electron chi connectivity index (χ4n) is 5.37. The number of carbonyl (C=O) groups is 5. The van der Waals surface area contributed by atoms with Crippen LogP contribution in [-0.2, 0) is 28.7 Å². The molecule has 3 atom stereocenters. The Balaban J connectivity index is 1.28. The molecule has 1 aliphatic carbocycles. The molecule has 4 rings (SSSR count). The van der Waals surface area contributed by atoms with E-state index in [-0.39, 0.29) is 18.4 Å². The van der Waals surface area contributed by atoms with E-state index in [0.29, 0.717) is 19.4 Å². The van der Waals surface area contributed by atoms with Gasteiger partial charge in [0.05, 0.1) is 0 Å². The van der Waals surface area contributed by atoms with Crippen molar-refractivity contribution in [3.8, 4) is 11.1 Å². The Morgan fingerprint density at radius 2 is 1.54 bits per heavy atom. The van der Waals surface area contributed by atoms with Crippen molar-refractivity contribution in [3.63, 3.8) is 0 Å². The maximum atomic E-state index is 13.0. The number of benzene rings is 2. The summed E-state index contributed by atoms with van der Waals surface area (Å²) < 4.78 is 10.6. The minimum absolute atomic E-state index is 0.0939. The Kier molecular flexibility index (Phi) is 9.26. The van der Waals surface area contributed by atoms with Crippen LogP contribution in [0.15, 0.2) is 48.5 Å². The Labute approximate surface area is 238 Å². The van der Waals surface area contributed by atoms with Crippen LogP contribution in [0.3, 0.4) is 0 Å². The molecule has 0 unspecified atom stereocenters. The molecular weight excluding hydrogens is 528 g/mol. The fraction of sp³-hybridized carbons (Fsp3) is 0.433. The molecule has 0 saturated carbocycles. The van der Waals surface area contributed by atoms with Gasteiger partial charge in [-0.1, -0.05) is 62.4 Å². The first-order chi connectivity index (χ1) is 19.6. The predicted molar refractivity (Wildman–Crippen MR) is 149 cm³/mol. The Hall–Kier alpha value is -4.41. The van der Waals surface area contributed by atoms with Crippen LogP contribution in [0.25, 0.3) is 11.1 Å². The largest absolute Gasteiger partial charge is 0.454 e. The molecule has 2 aromatic carbocycles. The molecule has 2 aliphatic rings. The maximum absolute atomic E-state index is 13.0. The molecule has 4 amide bonds. The molecule has 41 heavy (non-hydrogen) atoms. The Bertz CT molecular complexity index is 1280. The van der Waals surface area contributed by atoms with Gasteiger partial charge in [0, 0.05) is 12.5 Å². The first-order valence-corrected chi connectivity index (χ1v) is 13.8. The predicted octanol–water partition coefficient (Wildman–Crippen LogP) is 2.07. The number of rotatable bonds is 10. The molecule has 11 nitrogen and oxygen atoms in total. The lowest BCUT2D eigenvalue weighted by molar-refractivity contribution is -0.155. The molecule has 0 spiro atoms. The molecule has 0 bridgehead atoms. The van der Waals surface area contributed by atoms with Crippen LogP contribution in [-0.4, -0.2) is 72.6 Å². The van der Waals surface area contributed by atoms with Crippen LogP contribution >= 0.6 is 0 Å². The zero-order valence-corrected chi connectivity index (χ0v) is 23.4. The summed E-state index contributed by atoms with van der Waals surface area (Å²) in [5, 5.41) is 5.13. The van der Waals surface area contributed by atoms with Gasteiger partial charge in [-0.05, 0) is 47.9 Å². The molecular formula is C30H36N4O7. The summed E-state index contributed by atoms with van der Waals surface area (Å²) in [7, 11) is 0. The number of amides is 4. The molecule has 1 aliphatic heterocycles. The van der Waals surface area contributed by atoms with Crippen LogP contribution < -0.4 is 16.4 Å². The Morgan fingerprint density at radius 3 is 2.12 bits per heavy atom. The summed E-state index contributed by atoms with van der Waals surface area (Å²) >= 11 is 0. The smallest absolute Gasteiger partial charge is 0.407 e. The summed E-state index contributed by atoms with van der Waals surface area (Å²) in [5.74, 6) is -3.01. The first kappa shape index (κ1) is 29.6. The summed E-state index contributed by atoms with van der Waals surface area (Å²) in [6, 6.07) is 13.2. The van der Waals surface area contributed by atoms with Gasteiger partial charge in [-0.3, -0.25) is 14.4 Å². The van der Waals surface area contributed by atoms with Gasteiger partial charge >= 0.3 is 12.1 Å². The summed E-state index contributed by atoms with van der Waals surface area (Å²) in [4.78, 5) is 63.4. The van der Waals surface area contributed by atoms with Crippen LogP contribution in [0.1, 0.15) is 50.7 Å². The van der Waals surface area contributed by atoms with E-state index >= 15 is 0 Å². The number of nitrogens with one attached hydrogen (secondary N) is 2. The van der Waals surface area contributed by atoms with Gasteiger partial charge in [0.1, 0.15) is 24.7 Å². The van der Waals surface area contributed by atoms with Crippen molar-refractivity contribution in [2.24, 2.45) is 11.7 Å². The number of hydrogen-bond acceptors (Lipinski definition) is 7. The fourth-order valence-corrected chi connectivity index (χ4v) is 5.37. The number of esters is 1. The lowest BCUT2D eigenvalue weighted by atomic mass is 9.98. The highest BCUT2D eigenvalue weighted by atomic mass is 16.5. The minimum atomic E-state index is -1.09. The van der Waals surface area contributed by atoms with Gasteiger partial charge in [-0.25, -0.2) is 9.59 Å². The zero-order chi connectivity index (χ0) is 29.7. The number of fused-ring (bicyclic) bond motifs is 3. The number of nitrogens with two attached hydrogens (primary N) is 1. The van der Waals surface area contributed by atoms with Crippen molar-refractivity contribution in [1.82, 2.24) is 15.5 Å². The standard InChI is InChI=1S/C30H36N4O7/c1-17(2)26(28(37)32-18(3)29(38)40-16-25(35)34-14-8-13-24(34)27(31)36)33-30(39)41-15-23-21-11-6-4-9-19(21)20-10-5-7-12-22(20)23/h4-7,9-12,17-18,23-24,26H,8,13-16H2,1-3H3,(H2,31,36)(H,32,37)(H,33,39)/t18-,24-,26-/m0/s1. The number of ether oxygens (including phenoxy) is 2. The summed E-state index contributed by atoms with van der Waals surface area (Å²) in [6.07, 6.45) is 0.345. The SMILES string of the molecule is CC(C)[C@H](NC(=O)OCC1c2ccccc2-c2ccccc21)C(=O)N[C@@H](C)C(=O)OCC(=O)N1CCC[C@H]1C(N)=O. The number of nitrogens with zero attached hydrogens (tertiary/aromatic N) is 1. The van der Waals surface area contributed by atoms with Gasteiger partial charge in [0.15, 0.2) is 6.61 Å². The van der Waals surface area contributed by atoms with Crippen molar-refractivity contribution in [3.05, 3.63) is 59.7 Å². The van der Waals surface area contributed by atoms with Gasteiger partial charge < -0.3 is 30.7 Å². The highest BCUT2D eigenvalue weighted by Gasteiger charge is 2.34. The third-order valence-corrected chi connectivity index (χ3v) is 7.52. The maximum Gasteiger partial charge on any atom is 0.407 e. The van der Waals surface area contributed by atoms with E-state index in [2.05, 4.69) is 10.6 Å². The lowest BCUT2D eigenvalue weighted by Crippen LogP contribution is -2.53. The molecule has 1 saturated heterocycles. The normalized spacial score (nSPS) is 17.3. The number of primary amides is 1. The van der Waals surface area contributed by atoms with E-state index in [1.807, 2.05) is 48.5 Å². The Morgan fingerprint density at radius 1 is 0.927 bits per heavy atom. The number of carbonyl (C=O) groups excluding carboxylic acids is 5. The van der Waals surface area contributed by atoms with E-state index in [1.165, 1.54) is 11.8 Å². The third-order valence-electron chi connectivity index (χ3n) is 7.52. The van der Waals surface area contributed by atoms with E-state index in [9.17, 15) is 24.0 Å². The molecule has 1 fully saturated rings. The van der Waals surface area contributed by atoms with E-state index in [4.69, 9.17) is 15.2 Å². The second-order valence-corrected chi connectivity index (χ2v) is 10.7. The van der Waals surface area contributed by atoms with E-state index < -0.39 is 54.5 Å². The van der Waals surface area contributed by atoms with Crippen LogP contribution in [0, 0.1) is 5.92 Å². The van der Waals surface area contributed by atoms with Crippen molar-refractivity contribution in [2.45, 2.75) is 57.7 Å². The quantitative estimate of drug-likeness (QED) is 0.373. The molecule has 0 aromatic heterocycles. The summed E-state index contributed by atoms with van der Waals surface area (Å²) in [5.41, 5.74) is 9.68. The van der Waals surface area contributed by atoms with Crippen molar-refractivity contribution in [1.29, 1.82) is 0 Å². The van der Waals surface area contributed by atoms with Gasteiger partial charge in [0.2, 0.25) is 11.8 Å². The highest BCUT2D eigenvalue weighted by molar-refractivity contribution is 5.91. The number of alkyl carbamates (subject to hydrolysis) is 1. The molecule has 4 N–H and O–H groups in total. The molecule has 11 heteroatoms. The second-order valence-electron chi connectivity index (χ2n) is 10.7. The zero-order valence-electron chi connectivity index (χ0n) is 23.4. The second kappa shape index (κ2) is 12.8. The summed E-state index contributed by atoms with van der Waals surface area (Å²) in [6.45, 7) is 4.79. The van der Waals surface area contributed by atoms with Crippen molar-refractivity contribution in [2.75, 3.05) is 19.8 Å². The number of hydrogen-bond donors (Lipinski definition) is 3. The van der Waals surface area contributed by atoms with E-state index in [1.54, 1.807) is 13.8 Å². The lowest BCUT2D eigenvalue weighted by Gasteiger charge is -2.24. The van der Waals surface area contributed by atoms with Gasteiger partial charge in [-0.15, -0.1) is 0 Å². The molecule has 0 radical (unpaired) electrons. The topological polar surface area (TPSA) is 157 Å². The first-order valence-electron chi connectivity index (χ1n) is 13.8. The average molecular weight is 565 g/mol. The van der Waals surface area contributed by atoms with Crippen LogP contribution in [0.4, 0.5) is 4.79 Å². The van der Waals surface area contributed by atoms with Gasteiger partial charge in [-0.2, -0.15) is 0 Å². The van der Waals surface area contributed by atoms with E-state index in [0.717, 1.165) is 22.3 Å². The van der Waals surface area contributed by atoms with Gasteiger partial charge in [0.25, 0.3) is 5.91 Å². The minimum Gasteiger partial charge on any atom is -0.454 e. The van der Waals surface area contributed by atoms with Crippen molar-refractivity contribution < 1.29 is 33.4 Å². The molecule has 218 valence electrons. The number of likely N-dealkylation sites (tertiary alicyclic amines) is 1.